The third kappa shape index (κ3) is 6.64. The van der Waals surface area contributed by atoms with E-state index in [1.807, 2.05) is 0 Å². The number of hydrogen-bond donors (Lipinski definition) is 1. The summed E-state index contributed by atoms with van der Waals surface area (Å²) in [6, 6.07) is 8.40. The molecule has 29 heavy (non-hydrogen) atoms. The van der Waals surface area contributed by atoms with Crippen LogP contribution in [-0.4, -0.2) is 52.4 Å². The maximum Gasteiger partial charge on any atom is 0.206 e. The number of rotatable bonds is 11. The van der Waals surface area contributed by atoms with Gasteiger partial charge in [-0.3, -0.25) is 0 Å². The number of ether oxygens (including phenoxy) is 3. The molecule has 0 bridgehead atoms. The second-order valence-electron chi connectivity index (χ2n) is 6.00. The van der Waals surface area contributed by atoms with Crippen LogP contribution in [-0.2, 0) is 14.6 Å². The van der Waals surface area contributed by atoms with E-state index < -0.39 is 15.9 Å². The van der Waals surface area contributed by atoms with Crippen molar-refractivity contribution in [3.8, 4) is 11.5 Å². The minimum Gasteiger partial charge on any atom is -0.491 e. The van der Waals surface area contributed by atoms with Gasteiger partial charge in [-0.05, 0) is 42.8 Å². The molecule has 1 N–H and O–H groups in total. The summed E-state index contributed by atoms with van der Waals surface area (Å²) in [6.07, 6.45) is -0.177. The van der Waals surface area contributed by atoms with Gasteiger partial charge in [-0.25, -0.2) is 8.42 Å². The molecule has 0 amide bonds. The molecule has 0 aliphatic rings. The average Bonchev–Trinajstić information content (AvgIpc) is 2.69. The number of benzene rings is 2. The summed E-state index contributed by atoms with van der Waals surface area (Å²) < 4.78 is 41.5. The van der Waals surface area contributed by atoms with Crippen LogP contribution in [0.5, 0.6) is 11.5 Å². The van der Waals surface area contributed by atoms with E-state index in [-0.39, 0.29) is 38.8 Å². The highest BCUT2D eigenvalue weighted by Gasteiger charge is 2.21. The molecular formula is C19H21Cl3O6S. The fraction of sp³-hybridized carbons (Fsp3) is 0.368. The van der Waals surface area contributed by atoms with E-state index in [9.17, 15) is 13.5 Å². The van der Waals surface area contributed by atoms with Gasteiger partial charge >= 0.3 is 0 Å². The van der Waals surface area contributed by atoms with Crippen molar-refractivity contribution < 1.29 is 27.7 Å². The Labute approximate surface area is 185 Å². The summed E-state index contributed by atoms with van der Waals surface area (Å²) in [5.74, 6) is 1.06. The SMILES string of the molecule is COC[C@@H](O)COc1ccc(S(=O)(=O)c2cc(Cl)c(OCCCCl)c(Cl)c2)cc1. The van der Waals surface area contributed by atoms with E-state index >= 15 is 0 Å². The summed E-state index contributed by atoms with van der Waals surface area (Å²) >= 11 is 17.9. The first kappa shape index (κ1) is 24.1. The van der Waals surface area contributed by atoms with Crippen LogP contribution in [0.2, 0.25) is 10.0 Å². The van der Waals surface area contributed by atoms with Crippen LogP contribution in [0.15, 0.2) is 46.2 Å². The molecular weight excluding hydrogens is 463 g/mol. The van der Waals surface area contributed by atoms with Gasteiger partial charge in [0.15, 0.2) is 5.75 Å². The van der Waals surface area contributed by atoms with Crippen molar-refractivity contribution in [1.82, 2.24) is 0 Å². The Bertz CT molecular complexity index is 880. The van der Waals surface area contributed by atoms with Gasteiger partial charge in [-0.1, -0.05) is 23.2 Å². The zero-order valence-electron chi connectivity index (χ0n) is 15.6. The molecule has 0 aliphatic heterocycles. The topological polar surface area (TPSA) is 82.1 Å². The lowest BCUT2D eigenvalue weighted by atomic mass is 10.3. The normalized spacial score (nSPS) is 12.6. The van der Waals surface area contributed by atoms with E-state index in [4.69, 9.17) is 49.0 Å². The van der Waals surface area contributed by atoms with E-state index in [1.54, 1.807) is 0 Å². The largest absolute Gasteiger partial charge is 0.491 e. The van der Waals surface area contributed by atoms with Crippen LogP contribution in [0.4, 0.5) is 0 Å². The monoisotopic (exact) mass is 482 g/mol. The van der Waals surface area contributed by atoms with Crippen molar-refractivity contribution in [2.45, 2.75) is 22.3 Å². The van der Waals surface area contributed by atoms with E-state index in [2.05, 4.69) is 0 Å². The zero-order chi connectivity index (χ0) is 21.4. The Kier molecular flexibility index (Phi) is 9.33. The van der Waals surface area contributed by atoms with Crippen molar-refractivity contribution >= 4 is 44.6 Å². The van der Waals surface area contributed by atoms with Gasteiger partial charge in [-0.2, -0.15) is 0 Å². The number of aliphatic hydroxyl groups is 1. The van der Waals surface area contributed by atoms with Crippen molar-refractivity contribution in [3.05, 3.63) is 46.4 Å². The predicted octanol–water partition coefficient (Wildman–Crippen LogP) is 4.22. The zero-order valence-corrected chi connectivity index (χ0v) is 18.7. The summed E-state index contributed by atoms with van der Waals surface area (Å²) in [6.45, 7) is 0.478. The number of halogens is 3. The molecule has 0 aromatic heterocycles. The second-order valence-corrected chi connectivity index (χ2v) is 9.14. The van der Waals surface area contributed by atoms with Gasteiger partial charge in [0.1, 0.15) is 18.5 Å². The Balaban J connectivity index is 2.17. The van der Waals surface area contributed by atoms with Gasteiger partial charge in [0.05, 0.1) is 33.0 Å². The smallest absolute Gasteiger partial charge is 0.206 e. The molecule has 0 saturated carbocycles. The Morgan fingerprint density at radius 1 is 1.00 bits per heavy atom. The molecule has 160 valence electrons. The number of alkyl halides is 1. The molecule has 1 atom stereocenters. The number of methoxy groups -OCH3 is 1. The second kappa shape index (κ2) is 11.2. The average molecular weight is 484 g/mol. The first-order valence-electron chi connectivity index (χ1n) is 8.62. The molecule has 2 aromatic carbocycles. The Morgan fingerprint density at radius 2 is 1.62 bits per heavy atom. The summed E-state index contributed by atoms with van der Waals surface area (Å²) in [7, 11) is -2.38. The Hall–Kier alpha value is -1.22. The molecule has 2 rings (SSSR count). The van der Waals surface area contributed by atoms with Crippen LogP contribution in [0.1, 0.15) is 6.42 Å². The number of hydrogen-bond acceptors (Lipinski definition) is 6. The van der Waals surface area contributed by atoms with E-state index in [0.29, 0.717) is 24.7 Å². The van der Waals surface area contributed by atoms with Crippen LogP contribution in [0, 0.1) is 0 Å². The molecule has 0 heterocycles. The summed E-state index contributed by atoms with van der Waals surface area (Å²) in [5.41, 5.74) is 0. The third-order valence-corrected chi connectivity index (χ3v) is 6.32. The summed E-state index contributed by atoms with van der Waals surface area (Å²) in [5, 5.41) is 9.79. The minimum absolute atomic E-state index is 0.0241. The molecule has 0 saturated heterocycles. The maximum absolute atomic E-state index is 12.9. The number of sulfone groups is 1. The molecule has 2 aromatic rings. The molecule has 0 spiro atoms. The first-order chi connectivity index (χ1) is 13.8. The summed E-state index contributed by atoms with van der Waals surface area (Å²) in [4.78, 5) is -0.00777. The van der Waals surface area contributed by atoms with Crippen LogP contribution < -0.4 is 9.47 Å². The van der Waals surface area contributed by atoms with Crippen molar-refractivity contribution in [2.75, 3.05) is 32.8 Å². The molecule has 0 fully saturated rings. The van der Waals surface area contributed by atoms with Crippen LogP contribution >= 0.6 is 34.8 Å². The lowest BCUT2D eigenvalue weighted by Gasteiger charge is -2.13. The minimum atomic E-state index is -3.85. The van der Waals surface area contributed by atoms with Crippen molar-refractivity contribution in [3.63, 3.8) is 0 Å². The lowest BCUT2D eigenvalue weighted by Crippen LogP contribution is -2.22. The van der Waals surface area contributed by atoms with Gasteiger partial charge in [0, 0.05) is 13.0 Å². The van der Waals surface area contributed by atoms with Gasteiger partial charge in [0.2, 0.25) is 9.84 Å². The van der Waals surface area contributed by atoms with E-state index in [1.165, 1.54) is 43.5 Å². The highest BCUT2D eigenvalue weighted by atomic mass is 35.5. The van der Waals surface area contributed by atoms with Crippen LogP contribution in [0.3, 0.4) is 0 Å². The standard InChI is InChI=1S/C19H21Cl3O6S/c1-26-11-13(23)12-28-14-3-5-15(6-4-14)29(24,25)16-9-17(21)19(18(22)10-16)27-8-2-7-20/h3-6,9-10,13,23H,2,7-8,11-12H2,1H3/t13-/m1/s1. The van der Waals surface area contributed by atoms with Crippen LogP contribution in [0.25, 0.3) is 0 Å². The predicted molar refractivity (Wildman–Crippen MR) is 113 cm³/mol. The molecule has 6 nitrogen and oxygen atoms in total. The molecule has 0 unspecified atom stereocenters. The van der Waals surface area contributed by atoms with Gasteiger partial charge in [0.25, 0.3) is 0 Å². The quantitative estimate of drug-likeness (QED) is 0.381. The fourth-order valence-corrected chi connectivity index (χ4v) is 4.49. The van der Waals surface area contributed by atoms with Gasteiger partial charge < -0.3 is 19.3 Å². The highest BCUT2D eigenvalue weighted by molar-refractivity contribution is 7.91. The van der Waals surface area contributed by atoms with E-state index in [0.717, 1.165) is 0 Å². The molecule has 0 aliphatic carbocycles. The fourth-order valence-electron chi connectivity index (χ4n) is 2.34. The Morgan fingerprint density at radius 3 is 2.17 bits per heavy atom. The maximum atomic E-state index is 12.9. The first-order valence-corrected chi connectivity index (χ1v) is 11.4. The number of aliphatic hydroxyl groups excluding tert-OH is 1. The lowest BCUT2D eigenvalue weighted by molar-refractivity contribution is 0.0325. The third-order valence-electron chi connectivity index (χ3n) is 3.74. The van der Waals surface area contributed by atoms with Gasteiger partial charge in [-0.15, -0.1) is 11.6 Å². The van der Waals surface area contributed by atoms with Crippen molar-refractivity contribution in [2.24, 2.45) is 0 Å². The molecule has 0 radical (unpaired) electrons. The molecule has 10 heteroatoms. The highest BCUT2D eigenvalue weighted by Crippen LogP contribution is 2.37. The van der Waals surface area contributed by atoms with Crippen molar-refractivity contribution in [1.29, 1.82) is 0 Å².